The zero-order valence-electron chi connectivity index (χ0n) is 11.8. The minimum Gasteiger partial charge on any atom is -0.480 e. The lowest BCUT2D eigenvalue weighted by Gasteiger charge is -2.25. The van der Waals surface area contributed by atoms with Crippen LogP contribution in [0.15, 0.2) is 17.2 Å². The second-order valence-electron chi connectivity index (χ2n) is 6.48. The van der Waals surface area contributed by atoms with Crippen LogP contribution in [0.1, 0.15) is 38.1 Å². The van der Waals surface area contributed by atoms with Gasteiger partial charge in [-0.1, -0.05) is 6.42 Å². The van der Waals surface area contributed by atoms with Crippen LogP contribution in [0.2, 0.25) is 0 Å². The molecule has 3 atom stereocenters. The highest BCUT2D eigenvalue weighted by Crippen LogP contribution is 2.43. The Bertz CT molecular complexity index is 637. The third-order valence-electron chi connectivity index (χ3n) is 5.21. The van der Waals surface area contributed by atoms with Crippen molar-refractivity contribution >= 4 is 11.8 Å². The highest BCUT2D eigenvalue weighted by atomic mass is 16.4. The van der Waals surface area contributed by atoms with Crippen molar-refractivity contribution in [2.24, 2.45) is 11.8 Å². The summed E-state index contributed by atoms with van der Waals surface area (Å²) in [5.41, 5.74) is -0.133. The summed E-state index contributed by atoms with van der Waals surface area (Å²) in [5, 5.41) is 9.60. The van der Waals surface area contributed by atoms with Crippen LogP contribution in [0.5, 0.6) is 0 Å². The smallest absolute Gasteiger partial charge is 0.326 e. The standard InChI is InChI=1S/C15H19N3O3/c19-14-13(16-6-7-17(14)10-4-5-10)18-8-9-2-1-3-11(9)12(18)15(20)21/h6-7,9-12H,1-5,8H2,(H,20,21). The van der Waals surface area contributed by atoms with Gasteiger partial charge in [0.15, 0.2) is 5.82 Å². The van der Waals surface area contributed by atoms with Gasteiger partial charge in [-0.15, -0.1) is 0 Å². The zero-order valence-corrected chi connectivity index (χ0v) is 11.8. The van der Waals surface area contributed by atoms with E-state index >= 15 is 0 Å². The van der Waals surface area contributed by atoms with Crippen LogP contribution in [0.25, 0.3) is 0 Å². The molecule has 6 nitrogen and oxygen atoms in total. The highest BCUT2D eigenvalue weighted by Gasteiger charge is 2.49. The van der Waals surface area contributed by atoms with Crippen LogP contribution in [0, 0.1) is 11.8 Å². The number of aromatic nitrogens is 2. The summed E-state index contributed by atoms with van der Waals surface area (Å²) < 4.78 is 1.72. The molecule has 2 aliphatic carbocycles. The summed E-state index contributed by atoms with van der Waals surface area (Å²) in [4.78, 5) is 30.3. The number of aliphatic carboxylic acids is 1. The first-order valence-electron chi connectivity index (χ1n) is 7.73. The Labute approximate surface area is 122 Å². The van der Waals surface area contributed by atoms with Gasteiger partial charge in [-0.3, -0.25) is 4.79 Å². The minimum absolute atomic E-state index is 0.133. The van der Waals surface area contributed by atoms with E-state index in [9.17, 15) is 14.7 Å². The van der Waals surface area contributed by atoms with Gasteiger partial charge in [-0.05, 0) is 37.5 Å². The topological polar surface area (TPSA) is 75.4 Å². The van der Waals surface area contributed by atoms with Gasteiger partial charge in [-0.25, -0.2) is 9.78 Å². The molecular weight excluding hydrogens is 270 g/mol. The molecule has 4 rings (SSSR count). The Hall–Kier alpha value is -1.85. The molecule has 3 fully saturated rings. The summed E-state index contributed by atoms with van der Waals surface area (Å²) in [6.45, 7) is 0.651. The lowest BCUT2D eigenvalue weighted by molar-refractivity contribution is -0.139. The van der Waals surface area contributed by atoms with E-state index in [1.54, 1.807) is 21.9 Å². The summed E-state index contributed by atoms with van der Waals surface area (Å²) in [6.07, 6.45) is 8.50. The molecule has 3 unspecified atom stereocenters. The number of carboxylic acids is 1. The number of hydrogen-bond acceptors (Lipinski definition) is 4. The van der Waals surface area contributed by atoms with Crippen molar-refractivity contribution in [2.45, 2.75) is 44.2 Å². The van der Waals surface area contributed by atoms with Crippen LogP contribution in [0.4, 0.5) is 5.82 Å². The quantitative estimate of drug-likeness (QED) is 0.907. The maximum absolute atomic E-state index is 12.6. The number of carboxylic acid groups (broad SMARTS) is 1. The number of anilines is 1. The lowest BCUT2D eigenvalue weighted by atomic mass is 9.94. The van der Waals surface area contributed by atoms with Crippen molar-refractivity contribution in [3.8, 4) is 0 Å². The number of hydrogen-bond donors (Lipinski definition) is 1. The molecule has 0 spiro atoms. The molecule has 0 bridgehead atoms. The SMILES string of the molecule is O=C(O)C1C2CCCC2CN1c1nccn(C2CC2)c1=O. The van der Waals surface area contributed by atoms with E-state index in [0.717, 1.165) is 32.1 Å². The number of rotatable bonds is 3. The normalized spacial score (nSPS) is 31.4. The summed E-state index contributed by atoms with van der Waals surface area (Å²) >= 11 is 0. The Balaban J connectivity index is 1.74. The van der Waals surface area contributed by atoms with Crippen molar-refractivity contribution in [1.82, 2.24) is 9.55 Å². The third-order valence-corrected chi connectivity index (χ3v) is 5.21. The van der Waals surface area contributed by atoms with Crippen molar-refractivity contribution < 1.29 is 9.90 Å². The molecule has 21 heavy (non-hydrogen) atoms. The number of nitrogens with zero attached hydrogens (tertiary/aromatic N) is 3. The molecule has 6 heteroatoms. The van der Waals surface area contributed by atoms with E-state index in [-0.39, 0.29) is 17.5 Å². The summed E-state index contributed by atoms with van der Waals surface area (Å²) in [5.74, 6) is 0.0544. The van der Waals surface area contributed by atoms with Crippen LogP contribution >= 0.6 is 0 Å². The van der Waals surface area contributed by atoms with Gasteiger partial charge in [0.25, 0.3) is 5.56 Å². The fraction of sp³-hybridized carbons (Fsp3) is 0.667. The van der Waals surface area contributed by atoms with Crippen molar-refractivity contribution in [1.29, 1.82) is 0 Å². The maximum atomic E-state index is 12.6. The van der Waals surface area contributed by atoms with Gasteiger partial charge in [0.1, 0.15) is 6.04 Å². The largest absolute Gasteiger partial charge is 0.480 e. The molecule has 1 N–H and O–H groups in total. The first-order valence-corrected chi connectivity index (χ1v) is 7.73. The van der Waals surface area contributed by atoms with E-state index in [1.165, 1.54) is 0 Å². The van der Waals surface area contributed by atoms with Crippen LogP contribution in [0.3, 0.4) is 0 Å². The van der Waals surface area contributed by atoms with E-state index < -0.39 is 12.0 Å². The van der Waals surface area contributed by atoms with E-state index in [1.807, 2.05) is 0 Å². The molecule has 2 saturated carbocycles. The Morgan fingerprint density at radius 3 is 2.81 bits per heavy atom. The van der Waals surface area contributed by atoms with Crippen LogP contribution in [-0.4, -0.2) is 33.2 Å². The van der Waals surface area contributed by atoms with E-state index in [4.69, 9.17) is 0 Å². The molecule has 2 heterocycles. The van der Waals surface area contributed by atoms with Gasteiger partial charge in [0, 0.05) is 25.0 Å². The highest BCUT2D eigenvalue weighted by molar-refractivity contribution is 5.79. The first-order chi connectivity index (χ1) is 10.2. The average molecular weight is 289 g/mol. The molecule has 1 aromatic heterocycles. The van der Waals surface area contributed by atoms with Gasteiger partial charge in [0.2, 0.25) is 0 Å². The molecule has 1 aliphatic heterocycles. The van der Waals surface area contributed by atoms with E-state index in [0.29, 0.717) is 18.3 Å². The van der Waals surface area contributed by atoms with Gasteiger partial charge >= 0.3 is 5.97 Å². The molecule has 0 amide bonds. The fourth-order valence-corrected chi connectivity index (χ4v) is 4.09. The monoisotopic (exact) mass is 289 g/mol. The van der Waals surface area contributed by atoms with Gasteiger partial charge in [0.05, 0.1) is 0 Å². The summed E-state index contributed by atoms with van der Waals surface area (Å²) in [7, 11) is 0. The molecule has 3 aliphatic rings. The molecular formula is C15H19N3O3. The lowest BCUT2D eigenvalue weighted by Crippen LogP contribution is -2.43. The molecule has 0 aromatic carbocycles. The fourth-order valence-electron chi connectivity index (χ4n) is 4.09. The van der Waals surface area contributed by atoms with Crippen molar-refractivity contribution in [3.05, 3.63) is 22.7 Å². The average Bonchev–Trinajstić information content (AvgIpc) is 3.07. The second kappa shape index (κ2) is 4.58. The predicted molar refractivity (Wildman–Crippen MR) is 76.4 cm³/mol. The Morgan fingerprint density at radius 1 is 1.29 bits per heavy atom. The van der Waals surface area contributed by atoms with Crippen LogP contribution < -0.4 is 10.5 Å². The second-order valence-corrected chi connectivity index (χ2v) is 6.48. The van der Waals surface area contributed by atoms with Crippen molar-refractivity contribution in [2.75, 3.05) is 11.4 Å². The minimum atomic E-state index is -0.826. The number of carbonyl (C=O) groups is 1. The Morgan fingerprint density at radius 2 is 2.10 bits per heavy atom. The summed E-state index contributed by atoms with van der Waals surface area (Å²) in [6, 6.07) is -0.308. The molecule has 1 saturated heterocycles. The molecule has 1 aromatic rings. The molecule has 0 radical (unpaired) electrons. The van der Waals surface area contributed by atoms with Crippen LogP contribution in [-0.2, 0) is 4.79 Å². The maximum Gasteiger partial charge on any atom is 0.326 e. The first kappa shape index (κ1) is 12.9. The van der Waals surface area contributed by atoms with E-state index in [2.05, 4.69) is 4.98 Å². The molecule has 112 valence electrons. The predicted octanol–water partition coefficient (Wildman–Crippen LogP) is 1.27. The Kier molecular flexibility index (Phi) is 2.80. The zero-order chi connectivity index (χ0) is 14.6. The van der Waals surface area contributed by atoms with Gasteiger partial charge < -0.3 is 14.6 Å². The van der Waals surface area contributed by atoms with Gasteiger partial charge in [-0.2, -0.15) is 0 Å². The van der Waals surface area contributed by atoms with Crippen molar-refractivity contribution in [3.63, 3.8) is 0 Å². The third kappa shape index (κ3) is 1.96. The number of fused-ring (bicyclic) bond motifs is 1.